The molecule has 2 N–H and O–H groups in total. The smallest absolute Gasteiger partial charge is 0.241 e. The first kappa shape index (κ1) is 17.2. The van der Waals surface area contributed by atoms with E-state index in [-0.39, 0.29) is 24.4 Å². The second-order valence-corrected chi connectivity index (χ2v) is 5.92. The fourth-order valence-electron chi connectivity index (χ4n) is 2.79. The molecular formula is C19H21FN2O3. The van der Waals surface area contributed by atoms with Crippen molar-refractivity contribution in [3.05, 3.63) is 53.8 Å². The van der Waals surface area contributed by atoms with Crippen LogP contribution in [0.4, 0.5) is 10.1 Å². The lowest BCUT2D eigenvalue weighted by Crippen LogP contribution is -2.35. The Kier molecular flexibility index (Phi) is 5.50. The molecule has 5 nitrogen and oxygen atoms in total. The van der Waals surface area contributed by atoms with Crippen LogP contribution in [0.3, 0.4) is 0 Å². The van der Waals surface area contributed by atoms with Crippen molar-refractivity contribution < 1.29 is 18.7 Å². The molecule has 1 fully saturated rings. The van der Waals surface area contributed by atoms with Crippen molar-refractivity contribution in [3.8, 4) is 11.5 Å². The van der Waals surface area contributed by atoms with Crippen molar-refractivity contribution in [3.63, 3.8) is 0 Å². The lowest BCUT2D eigenvalue weighted by atomic mass is 10.1. The van der Waals surface area contributed by atoms with E-state index in [1.807, 2.05) is 12.1 Å². The van der Waals surface area contributed by atoms with Gasteiger partial charge in [-0.3, -0.25) is 4.79 Å². The summed E-state index contributed by atoms with van der Waals surface area (Å²) in [6, 6.07) is 11.3. The molecule has 0 unspecified atom stereocenters. The highest BCUT2D eigenvalue weighted by molar-refractivity contribution is 5.96. The number of halogens is 1. The summed E-state index contributed by atoms with van der Waals surface area (Å²) in [6.07, 6.45) is 1.83. The summed E-state index contributed by atoms with van der Waals surface area (Å²) in [4.78, 5) is 12.3. The van der Waals surface area contributed by atoms with E-state index >= 15 is 0 Å². The number of hydrogen-bond acceptors (Lipinski definition) is 4. The zero-order valence-electron chi connectivity index (χ0n) is 14.0. The molecule has 2 aromatic rings. The van der Waals surface area contributed by atoms with Gasteiger partial charge in [-0.15, -0.1) is 0 Å². The van der Waals surface area contributed by atoms with E-state index in [0.717, 1.165) is 24.9 Å². The van der Waals surface area contributed by atoms with E-state index in [4.69, 9.17) is 9.47 Å². The predicted octanol–water partition coefficient (Wildman–Crippen LogP) is 3.10. The molecule has 0 aliphatic carbocycles. The Morgan fingerprint density at radius 2 is 2.20 bits per heavy atom. The van der Waals surface area contributed by atoms with Gasteiger partial charge in [0.1, 0.15) is 23.9 Å². The number of amides is 1. The van der Waals surface area contributed by atoms with Crippen LogP contribution >= 0.6 is 0 Å². The average molecular weight is 344 g/mol. The van der Waals surface area contributed by atoms with E-state index in [1.54, 1.807) is 25.3 Å². The van der Waals surface area contributed by atoms with Crippen molar-refractivity contribution in [2.75, 3.05) is 19.0 Å². The number of carbonyl (C=O) groups is 1. The van der Waals surface area contributed by atoms with Crippen molar-refractivity contribution >= 4 is 11.6 Å². The van der Waals surface area contributed by atoms with Crippen molar-refractivity contribution in [1.82, 2.24) is 5.32 Å². The van der Waals surface area contributed by atoms with E-state index in [9.17, 15) is 9.18 Å². The van der Waals surface area contributed by atoms with Crippen LogP contribution in [0.5, 0.6) is 11.5 Å². The number of methoxy groups -OCH3 is 1. The lowest BCUT2D eigenvalue weighted by molar-refractivity contribution is -0.117. The van der Waals surface area contributed by atoms with Crippen LogP contribution in [0.25, 0.3) is 0 Å². The molecule has 3 rings (SSSR count). The number of nitrogens with one attached hydrogen (secondary N) is 2. The monoisotopic (exact) mass is 344 g/mol. The summed E-state index contributed by atoms with van der Waals surface area (Å²) in [5, 5.41) is 6.08. The van der Waals surface area contributed by atoms with Gasteiger partial charge in [0.15, 0.2) is 0 Å². The van der Waals surface area contributed by atoms with Crippen LogP contribution in [0, 0.1) is 5.82 Å². The SMILES string of the molecule is COc1ccc(COc2cccc(F)c2)cc1NC(=O)[C@H]1CCCN1. The van der Waals surface area contributed by atoms with Gasteiger partial charge in [-0.1, -0.05) is 12.1 Å². The zero-order valence-corrected chi connectivity index (χ0v) is 14.0. The van der Waals surface area contributed by atoms with Gasteiger partial charge in [0.25, 0.3) is 0 Å². The van der Waals surface area contributed by atoms with Crippen LogP contribution in [-0.2, 0) is 11.4 Å². The maximum atomic E-state index is 13.2. The maximum absolute atomic E-state index is 13.2. The minimum absolute atomic E-state index is 0.0704. The quantitative estimate of drug-likeness (QED) is 0.845. The molecule has 0 aromatic heterocycles. The van der Waals surface area contributed by atoms with Gasteiger partial charge in [0.2, 0.25) is 5.91 Å². The first-order valence-corrected chi connectivity index (χ1v) is 8.25. The van der Waals surface area contributed by atoms with Crippen molar-refractivity contribution in [1.29, 1.82) is 0 Å². The van der Waals surface area contributed by atoms with Crippen LogP contribution in [0.15, 0.2) is 42.5 Å². The lowest BCUT2D eigenvalue weighted by Gasteiger charge is -2.15. The average Bonchev–Trinajstić information content (AvgIpc) is 3.15. The molecule has 1 amide bonds. The van der Waals surface area contributed by atoms with Crippen molar-refractivity contribution in [2.24, 2.45) is 0 Å². The number of carbonyl (C=O) groups excluding carboxylic acids is 1. The first-order valence-electron chi connectivity index (χ1n) is 8.25. The van der Waals surface area contributed by atoms with Crippen LogP contribution < -0.4 is 20.1 Å². The highest BCUT2D eigenvalue weighted by atomic mass is 19.1. The van der Waals surface area contributed by atoms with E-state index in [1.165, 1.54) is 12.1 Å². The maximum Gasteiger partial charge on any atom is 0.241 e. The van der Waals surface area contributed by atoms with Gasteiger partial charge in [0, 0.05) is 6.07 Å². The molecule has 0 bridgehead atoms. The van der Waals surface area contributed by atoms with E-state index in [0.29, 0.717) is 17.2 Å². The number of rotatable bonds is 6. The predicted molar refractivity (Wildman–Crippen MR) is 93.4 cm³/mol. The number of ether oxygens (including phenoxy) is 2. The van der Waals surface area contributed by atoms with Crippen LogP contribution in [0.2, 0.25) is 0 Å². The Hall–Kier alpha value is -2.60. The second-order valence-electron chi connectivity index (χ2n) is 5.92. The number of hydrogen-bond donors (Lipinski definition) is 2. The number of anilines is 1. The Morgan fingerprint density at radius 3 is 2.92 bits per heavy atom. The Morgan fingerprint density at radius 1 is 1.32 bits per heavy atom. The summed E-state index contributed by atoms with van der Waals surface area (Å²) in [7, 11) is 1.56. The summed E-state index contributed by atoms with van der Waals surface area (Å²) < 4.78 is 24.1. The molecule has 1 atom stereocenters. The van der Waals surface area contributed by atoms with Gasteiger partial charge in [-0.25, -0.2) is 4.39 Å². The Labute approximate surface area is 146 Å². The molecule has 1 heterocycles. The molecule has 2 aromatic carbocycles. The molecule has 6 heteroatoms. The molecule has 0 radical (unpaired) electrons. The summed E-state index contributed by atoms with van der Waals surface area (Å²) in [5.41, 5.74) is 1.45. The van der Waals surface area contributed by atoms with Crippen LogP contribution in [0.1, 0.15) is 18.4 Å². The molecule has 25 heavy (non-hydrogen) atoms. The zero-order chi connectivity index (χ0) is 17.6. The normalized spacial score (nSPS) is 16.5. The molecule has 0 saturated carbocycles. The largest absolute Gasteiger partial charge is 0.495 e. The third kappa shape index (κ3) is 4.48. The number of benzene rings is 2. The second kappa shape index (κ2) is 7.98. The van der Waals surface area contributed by atoms with Gasteiger partial charge in [-0.05, 0) is 49.2 Å². The fraction of sp³-hybridized carbons (Fsp3) is 0.316. The Bertz CT molecular complexity index is 745. The van der Waals surface area contributed by atoms with Crippen molar-refractivity contribution in [2.45, 2.75) is 25.5 Å². The minimum atomic E-state index is -0.343. The van der Waals surface area contributed by atoms with E-state index in [2.05, 4.69) is 10.6 Å². The first-order chi connectivity index (χ1) is 12.2. The highest BCUT2D eigenvalue weighted by Gasteiger charge is 2.22. The molecule has 1 aliphatic rings. The highest BCUT2D eigenvalue weighted by Crippen LogP contribution is 2.27. The third-order valence-electron chi connectivity index (χ3n) is 4.10. The Balaban J connectivity index is 1.69. The summed E-state index contributed by atoms with van der Waals surface area (Å²) in [5.74, 6) is 0.626. The topological polar surface area (TPSA) is 59.6 Å². The minimum Gasteiger partial charge on any atom is -0.495 e. The van der Waals surface area contributed by atoms with Gasteiger partial charge >= 0.3 is 0 Å². The van der Waals surface area contributed by atoms with Gasteiger partial charge in [-0.2, -0.15) is 0 Å². The van der Waals surface area contributed by atoms with Crippen LogP contribution in [-0.4, -0.2) is 25.6 Å². The third-order valence-corrected chi connectivity index (χ3v) is 4.10. The molecular weight excluding hydrogens is 323 g/mol. The summed E-state index contributed by atoms with van der Waals surface area (Å²) in [6.45, 7) is 1.12. The molecule has 1 saturated heterocycles. The summed E-state index contributed by atoms with van der Waals surface area (Å²) >= 11 is 0. The molecule has 0 spiro atoms. The van der Waals surface area contributed by atoms with E-state index < -0.39 is 0 Å². The van der Waals surface area contributed by atoms with Gasteiger partial charge in [0.05, 0.1) is 18.8 Å². The fourth-order valence-corrected chi connectivity index (χ4v) is 2.79. The molecule has 132 valence electrons. The standard InChI is InChI=1S/C19H21FN2O3/c1-24-18-8-7-13(12-25-15-5-2-4-14(20)11-15)10-17(18)22-19(23)16-6-3-9-21-16/h2,4-5,7-8,10-11,16,21H,3,6,9,12H2,1H3,(H,22,23)/t16-/m1/s1. The molecule has 1 aliphatic heterocycles. The van der Waals surface area contributed by atoms with Gasteiger partial charge < -0.3 is 20.1 Å².